The van der Waals surface area contributed by atoms with Crippen molar-refractivity contribution in [3.05, 3.63) is 46.4 Å². The first-order valence-corrected chi connectivity index (χ1v) is 8.24. The van der Waals surface area contributed by atoms with E-state index in [1.807, 2.05) is 30.3 Å². The van der Waals surface area contributed by atoms with Crippen molar-refractivity contribution in [3.63, 3.8) is 0 Å². The zero-order chi connectivity index (χ0) is 16.9. The van der Waals surface area contributed by atoms with Gasteiger partial charge in [-0.25, -0.2) is 4.98 Å². The van der Waals surface area contributed by atoms with Crippen molar-refractivity contribution in [2.45, 2.75) is 13.0 Å². The summed E-state index contributed by atoms with van der Waals surface area (Å²) in [7, 11) is 0. The smallest absolute Gasteiger partial charge is 0.232 e. The SMILES string of the molecule is Cc1nc(C#N)c(NCC(c2ccccc2Cl)N2CCOCC2)o1. The summed E-state index contributed by atoms with van der Waals surface area (Å²) in [6.07, 6.45) is 0. The largest absolute Gasteiger partial charge is 0.424 e. The van der Waals surface area contributed by atoms with Crippen LogP contribution in [0.3, 0.4) is 0 Å². The van der Waals surface area contributed by atoms with Gasteiger partial charge in [0.1, 0.15) is 6.07 Å². The lowest BCUT2D eigenvalue weighted by molar-refractivity contribution is 0.0186. The number of morpholine rings is 1. The summed E-state index contributed by atoms with van der Waals surface area (Å²) in [5, 5.41) is 13.1. The highest BCUT2D eigenvalue weighted by molar-refractivity contribution is 6.31. The van der Waals surface area contributed by atoms with Gasteiger partial charge in [-0.05, 0) is 11.6 Å². The van der Waals surface area contributed by atoms with Gasteiger partial charge in [0.15, 0.2) is 5.89 Å². The summed E-state index contributed by atoms with van der Waals surface area (Å²) < 4.78 is 10.9. The highest BCUT2D eigenvalue weighted by atomic mass is 35.5. The van der Waals surface area contributed by atoms with Crippen LogP contribution >= 0.6 is 11.6 Å². The first-order chi connectivity index (χ1) is 11.7. The first kappa shape index (κ1) is 16.8. The monoisotopic (exact) mass is 346 g/mol. The van der Waals surface area contributed by atoms with Crippen LogP contribution in [-0.4, -0.2) is 42.7 Å². The van der Waals surface area contributed by atoms with Crippen LogP contribution in [-0.2, 0) is 4.74 Å². The number of aryl methyl sites for hydroxylation is 1. The third-order valence-electron chi connectivity index (χ3n) is 4.05. The number of hydrogen-bond acceptors (Lipinski definition) is 6. The highest BCUT2D eigenvalue weighted by Gasteiger charge is 2.25. The van der Waals surface area contributed by atoms with E-state index in [-0.39, 0.29) is 11.7 Å². The minimum atomic E-state index is 0.0551. The number of benzene rings is 1. The highest BCUT2D eigenvalue weighted by Crippen LogP contribution is 2.29. The Labute approximate surface area is 146 Å². The van der Waals surface area contributed by atoms with Gasteiger partial charge in [0.25, 0.3) is 0 Å². The first-order valence-electron chi connectivity index (χ1n) is 7.86. The molecular formula is C17H19ClN4O2. The summed E-state index contributed by atoms with van der Waals surface area (Å²) in [6, 6.07) is 9.92. The van der Waals surface area contributed by atoms with Crippen molar-refractivity contribution < 1.29 is 9.15 Å². The van der Waals surface area contributed by atoms with E-state index in [2.05, 4.69) is 15.2 Å². The molecule has 7 heteroatoms. The number of hydrogen-bond donors (Lipinski definition) is 1. The van der Waals surface area contributed by atoms with Crippen molar-refractivity contribution in [1.82, 2.24) is 9.88 Å². The van der Waals surface area contributed by atoms with Crippen LogP contribution < -0.4 is 5.32 Å². The van der Waals surface area contributed by atoms with Gasteiger partial charge in [0.05, 0.1) is 19.3 Å². The number of halogens is 1. The minimum absolute atomic E-state index is 0.0551. The summed E-state index contributed by atoms with van der Waals surface area (Å²) in [6.45, 7) is 5.35. The number of rotatable bonds is 5. The molecule has 1 aliphatic rings. The van der Waals surface area contributed by atoms with E-state index >= 15 is 0 Å². The van der Waals surface area contributed by atoms with E-state index in [0.717, 1.165) is 23.7 Å². The van der Waals surface area contributed by atoms with E-state index < -0.39 is 0 Å². The van der Waals surface area contributed by atoms with Crippen molar-refractivity contribution >= 4 is 17.5 Å². The van der Waals surface area contributed by atoms with Crippen LogP contribution in [0.2, 0.25) is 5.02 Å². The number of ether oxygens (including phenoxy) is 1. The second kappa shape index (κ2) is 7.67. The average Bonchev–Trinajstić information content (AvgIpc) is 2.97. The molecule has 0 bridgehead atoms. The summed E-state index contributed by atoms with van der Waals surface area (Å²) in [5.41, 5.74) is 1.32. The van der Waals surface area contributed by atoms with Crippen molar-refractivity contribution in [2.75, 3.05) is 38.2 Å². The molecule has 1 fully saturated rings. The fourth-order valence-corrected chi connectivity index (χ4v) is 3.14. The quantitative estimate of drug-likeness (QED) is 0.897. The third kappa shape index (κ3) is 3.70. The molecule has 1 unspecified atom stereocenters. The molecule has 2 aromatic rings. The molecule has 0 spiro atoms. The Balaban J connectivity index is 1.82. The molecule has 0 amide bonds. The van der Waals surface area contributed by atoms with Crippen LogP contribution in [0.4, 0.5) is 5.88 Å². The molecule has 0 saturated carbocycles. The number of oxazole rings is 1. The molecule has 1 aromatic heterocycles. The maximum atomic E-state index is 9.15. The maximum Gasteiger partial charge on any atom is 0.232 e. The second-order valence-corrected chi connectivity index (χ2v) is 6.00. The molecule has 6 nitrogen and oxygen atoms in total. The molecule has 0 radical (unpaired) electrons. The topological polar surface area (TPSA) is 74.3 Å². The fraction of sp³-hybridized carbons (Fsp3) is 0.412. The molecule has 1 N–H and O–H groups in total. The Hall–Kier alpha value is -2.07. The van der Waals surface area contributed by atoms with Crippen LogP contribution in [0.25, 0.3) is 0 Å². The van der Waals surface area contributed by atoms with E-state index in [1.54, 1.807) is 6.92 Å². The normalized spacial score (nSPS) is 16.5. The van der Waals surface area contributed by atoms with E-state index in [9.17, 15) is 0 Å². The van der Waals surface area contributed by atoms with Crippen LogP contribution in [0, 0.1) is 18.3 Å². The molecule has 1 aromatic carbocycles. The van der Waals surface area contributed by atoms with Gasteiger partial charge in [-0.3, -0.25) is 4.90 Å². The Morgan fingerprint density at radius 1 is 1.38 bits per heavy atom. The van der Waals surface area contributed by atoms with Gasteiger partial charge in [-0.15, -0.1) is 0 Å². The van der Waals surface area contributed by atoms with Crippen molar-refractivity contribution in [3.8, 4) is 6.07 Å². The summed E-state index contributed by atoms with van der Waals surface area (Å²) >= 11 is 6.41. The van der Waals surface area contributed by atoms with Gasteiger partial charge in [0, 0.05) is 31.6 Å². The van der Waals surface area contributed by atoms with E-state index in [1.165, 1.54) is 0 Å². The lowest BCUT2D eigenvalue weighted by Crippen LogP contribution is -2.41. The predicted octanol–water partition coefficient (Wildman–Crippen LogP) is 2.99. The maximum absolute atomic E-state index is 9.15. The standard InChI is InChI=1S/C17H19ClN4O2/c1-12-21-15(10-19)17(24-12)20-11-16(22-6-8-23-9-7-22)13-4-2-3-5-14(13)18/h2-5,16,20H,6-9,11H2,1H3. The zero-order valence-electron chi connectivity index (χ0n) is 13.5. The number of nitriles is 1. The fourth-order valence-electron chi connectivity index (χ4n) is 2.88. The van der Waals surface area contributed by atoms with Gasteiger partial charge >= 0.3 is 0 Å². The summed E-state index contributed by atoms with van der Waals surface area (Å²) in [4.78, 5) is 6.39. The number of nitrogens with zero attached hydrogens (tertiary/aromatic N) is 3. The van der Waals surface area contributed by atoms with Crippen LogP contribution in [0.5, 0.6) is 0 Å². The Morgan fingerprint density at radius 2 is 2.12 bits per heavy atom. The second-order valence-electron chi connectivity index (χ2n) is 5.59. The molecule has 2 heterocycles. The van der Waals surface area contributed by atoms with Gasteiger partial charge < -0.3 is 14.5 Å². The molecule has 1 saturated heterocycles. The van der Waals surface area contributed by atoms with E-state index in [4.69, 9.17) is 26.0 Å². The Bertz CT molecular complexity index is 734. The Morgan fingerprint density at radius 3 is 2.83 bits per heavy atom. The summed E-state index contributed by atoms with van der Waals surface area (Å²) in [5.74, 6) is 0.870. The molecule has 24 heavy (non-hydrogen) atoms. The van der Waals surface area contributed by atoms with E-state index in [0.29, 0.717) is 31.5 Å². The lowest BCUT2D eigenvalue weighted by Gasteiger charge is -2.35. The third-order valence-corrected chi connectivity index (χ3v) is 4.39. The average molecular weight is 347 g/mol. The van der Waals surface area contributed by atoms with Crippen molar-refractivity contribution in [1.29, 1.82) is 5.26 Å². The Kier molecular flexibility index (Phi) is 5.36. The van der Waals surface area contributed by atoms with Gasteiger partial charge in [-0.1, -0.05) is 29.8 Å². The molecular weight excluding hydrogens is 328 g/mol. The molecule has 0 aliphatic carbocycles. The number of aromatic nitrogens is 1. The molecule has 126 valence electrons. The lowest BCUT2D eigenvalue weighted by atomic mass is 10.0. The van der Waals surface area contributed by atoms with Gasteiger partial charge in [0.2, 0.25) is 11.6 Å². The minimum Gasteiger partial charge on any atom is -0.424 e. The zero-order valence-corrected chi connectivity index (χ0v) is 14.2. The van der Waals surface area contributed by atoms with Crippen molar-refractivity contribution in [2.24, 2.45) is 0 Å². The predicted molar refractivity (Wildman–Crippen MR) is 91.0 cm³/mol. The molecule has 1 atom stereocenters. The van der Waals surface area contributed by atoms with Crippen LogP contribution in [0.1, 0.15) is 23.2 Å². The van der Waals surface area contributed by atoms with Gasteiger partial charge in [-0.2, -0.15) is 5.26 Å². The number of nitrogens with one attached hydrogen (secondary N) is 1. The van der Waals surface area contributed by atoms with Crippen LogP contribution in [0.15, 0.2) is 28.7 Å². The number of anilines is 1. The molecule has 3 rings (SSSR count). The molecule has 1 aliphatic heterocycles.